The molecule has 0 saturated heterocycles. The smallest absolute Gasteiger partial charge is 0.143 e. The molecule has 0 radical (unpaired) electrons. The quantitative estimate of drug-likeness (QED) is 0.501. The van der Waals surface area contributed by atoms with Crippen molar-refractivity contribution in [3.63, 3.8) is 0 Å². The van der Waals surface area contributed by atoms with Crippen molar-refractivity contribution < 1.29 is 14.9 Å². The maximum atomic E-state index is 10.2. The van der Waals surface area contributed by atoms with E-state index in [1.54, 1.807) is 0 Å². The average molecular weight is 352 g/mol. The maximum Gasteiger partial charge on any atom is 0.143 e. The molecule has 0 saturated carbocycles. The van der Waals surface area contributed by atoms with Crippen molar-refractivity contribution >= 4 is 0 Å². The highest BCUT2D eigenvalue weighted by Gasteiger charge is 2.14. The molecule has 4 unspecified atom stereocenters. The van der Waals surface area contributed by atoms with Crippen LogP contribution in [0.4, 0.5) is 0 Å². The third-order valence-electron chi connectivity index (χ3n) is 4.68. The normalized spacial score (nSPS) is 16.6. The van der Waals surface area contributed by atoms with Crippen molar-refractivity contribution in [1.82, 2.24) is 5.32 Å². The van der Waals surface area contributed by atoms with Gasteiger partial charge < -0.3 is 14.9 Å². The Kier molecular flexibility index (Phi) is 10.3. The van der Waals surface area contributed by atoms with E-state index < -0.39 is 6.23 Å². The van der Waals surface area contributed by atoms with E-state index in [4.69, 9.17) is 9.84 Å². The lowest BCUT2D eigenvalue weighted by molar-refractivity contribution is -0.0493. The molecule has 25 heavy (non-hydrogen) atoms. The van der Waals surface area contributed by atoms with Gasteiger partial charge in [0.1, 0.15) is 13.0 Å². The fourth-order valence-electron chi connectivity index (χ4n) is 3.16. The summed E-state index contributed by atoms with van der Waals surface area (Å²) in [4.78, 5) is 0. The third kappa shape index (κ3) is 9.36. The second kappa shape index (κ2) is 11.6. The van der Waals surface area contributed by atoms with E-state index in [1.165, 1.54) is 11.1 Å². The Morgan fingerprint density at radius 1 is 1.00 bits per heavy atom. The van der Waals surface area contributed by atoms with Crippen LogP contribution in [0.5, 0.6) is 0 Å². The predicted molar refractivity (Wildman–Crippen MR) is 103 cm³/mol. The SMILES string of the molecule is CC(CCC(O)NC(C)CC(C)OCO)Cc1ccc(C(C)C)cc1. The van der Waals surface area contributed by atoms with Gasteiger partial charge in [-0.1, -0.05) is 45.0 Å². The van der Waals surface area contributed by atoms with Gasteiger partial charge in [0.05, 0.1) is 6.10 Å². The first kappa shape index (κ1) is 22.1. The van der Waals surface area contributed by atoms with Gasteiger partial charge in [0.15, 0.2) is 0 Å². The van der Waals surface area contributed by atoms with Crippen molar-refractivity contribution in [3.8, 4) is 0 Å². The number of hydrogen-bond donors (Lipinski definition) is 3. The Hall–Kier alpha value is -0.940. The van der Waals surface area contributed by atoms with Gasteiger partial charge in [0.25, 0.3) is 0 Å². The summed E-state index contributed by atoms with van der Waals surface area (Å²) in [5, 5.41) is 22.1. The zero-order chi connectivity index (χ0) is 18.8. The molecule has 0 fully saturated rings. The molecule has 0 aliphatic carbocycles. The summed E-state index contributed by atoms with van der Waals surface area (Å²) < 4.78 is 5.12. The third-order valence-corrected chi connectivity index (χ3v) is 4.68. The largest absolute Gasteiger partial charge is 0.379 e. The zero-order valence-electron chi connectivity index (χ0n) is 16.5. The Morgan fingerprint density at radius 2 is 1.64 bits per heavy atom. The number of aliphatic hydroxyl groups is 2. The molecule has 4 heteroatoms. The fraction of sp³-hybridized carbons (Fsp3) is 0.714. The first-order valence-electron chi connectivity index (χ1n) is 9.57. The molecular formula is C21H37NO3. The fourth-order valence-corrected chi connectivity index (χ4v) is 3.16. The van der Waals surface area contributed by atoms with Crippen LogP contribution in [0.3, 0.4) is 0 Å². The lowest BCUT2D eigenvalue weighted by Gasteiger charge is -2.22. The van der Waals surface area contributed by atoms with Crippen LogP contribution in [-0.2, 0) is 11.2 Å². The highest BCUT2D eigenvalue weighted by atomic mass is 16.6. The van der Waals surface area contributed by atoms with Crippen molar-refractivity contribution in [2.24, 2.45) is 5.92 Å². The Labute approximate surface area is 153 Å². The highest BCUT2D eigenvalue weighted by Crippen LogP contribution is 2.18. The molecule has 4 atom stereocenters. The molecule has 0 amide bonds. The second-order valence-electron chi connectivity index (χ2n) is 7.71. The summed E-state index contributed by atoms with van der Waals surface area (Å²) in [7, 11) is 0. The van der Waals surface area contributed by atoms with E-state index in [1.807, 2.05) is 13.8 Å². The summed E-state index contributed by atoms with van der Waals surface area (Å²) in [5.41, 5.74) is 2.74. The van der Waals surface area contributed by atoms with Crippen LogP contribution in [0.2, 0.25) is 0 Å². The molecule has 1 aromatic carbocycles. The molecule has 0 bridgehead atoms. The molecule has 0 heterocycles. The lowest BCUT2D eigenvalue weighted by Crippen LogP contribution is -2.38. The minimum atomic E-state index is -0.498. The van der Waals surface area contributed by atoms with E-state index in [0.717, 1.165) is 25.7 Å². The molecule has 4 nitrogen and oxygen atoms in total. The molecule has 0 aromatic heterocycles. The van der Waals surface area contributed by atoms with Crippen molar-refractivity contribution in [2.45, 2.75) is 84.6 Å². The van der Waals surface area contributed by atoms with Crippen molar-refractivity contribution in [1.29, 1.82) is 0 Å². The number of benzene rings is 1. The molecule has 0 aliphatic rings. The van der Waals surface area contributed by atoms with Crippen LogP contribution in [0.1, 0.15) is 70.9 Å². The highest BCUT2D eigenvalue weighted by molar-refractivity contribution is 5.24. The van der Waals surface area contributed by atoms with E-state index >= 15 is 0 Å². The number of rotatable bonds is 12. The van der Waals surface area contributed by atoms with Crippen molar-refractivity contribution in [2.75, 3.05) is 6.79 Å². The summed E-state index contributed by atoms with van der Waals surface area (Å²) >= 11 is 0. The van der Waals surface area contributed by atoms with Crippen LogP contribution < -0.4 is 5.32 Å². The molecule has 0 aliphatic heterocycles. The van der Waals surface area contributed by atoms with Crippen LogP contribution in [-0.4, -0.2) is 35.4 Å². The number of aliphatic hydroxyl groups excluding tert-OH is 2. The minimum absolute atomic E-state index is 0.0209. The minimum Gasteiger partial charge on any atom is -0.379 e. The van der Waals surface area contributed by atoms with Gasteiger partial charge in [-0.3, -0.25) is 5.32 Å². The Balaban J connectivity index is 2.29. The van der Waals surface area contributed by atoms with Crippen molar-refractivity contribution in [3.05, 3.63) is 35.4 Å². The standard InChI is InChI=1S/C21H37NO3/c1-15(2)20-9-7-19(8-10-20)12-16(3)6-11-21(24)22-17(4)13-18(5)25-14-23/h7-10,15-18,21-24H,6,11-14H2,1-5H3. The number of hydrogen-bond acceptors (Lipinski definition) is 4. The molecule has 1 aromatic rings. The number of ether oxygens (including phenoxy) is 1. The Bertz CT molecular complexity index is 461. The molecule has 3 N–H and O–H groups in total. The molecule has 144 valence electrons. The van der Waals surface area contributed by atoms with Gasteiger partial charge in [-0.05, 0) is 62.5 Å². The van der Waals surface area contributed by atoms with Gasteiger partial charge in [-0.2, -0.15) is 0 Å². The van der Waals surface area contributed by atoms with Crippen LogP contribution in [0, 0.1) is 5.92 Å². The Morgan fingerprint density at radius 3 is 2.20 bits per heavy atom. The molecule has 0 spiro atoms. The lowest BCUT2D eigenvalue weighted by atomic mass is 9.94. The summed E-state index contributed by atoms with van der Waals surface area (Å²) in [6.45, 7) is 10.4. The summed E-state index contributed by atoms with van der Waals surface area (Å²) in [5.74, 6) is 1.11. The van der Waals surface area contributed by atoms with Gasteiger partial charge in [0.2, 0.25) is 0 Å². The van der Waals surface area contributed by atoms with Gasteiger partial charge >= 0.3 is 0 Å². The predicted octanol–water partition coefficient (Wildman–Crippen LogP) is 3.81. The van der Waals surface area contributed by atoms with E-state index in [2.05, 4.69) is 50.4 Å². The second-order valence-corrected chi connectivity index (χ2v) is 7.71. The zero-order valence-corrected chi connectivity index (χ0v) is 16.5. The van der Waals surface area contributed by atoms with Crippen LogP contribution in [0.15, 0.2) is 24.3 Å². The summed E-state index contributed by atoms with van der Waals surface area (Å²) in [6.07, 6.45) is 3.01. The first-order chi connectivity index (χ1) is 11.8. The average Bonchev–Trinajstić information content (AvgIpc) is 2.53. The molecular weight excluding hydrogens is 314 g/mol. The van der Waals surface area contributed by atoms with E-state index in [-0.39, 0.29) is 18.9 Å². The van der Waals surface area contributed by atoms with Gasteiger partial charge in [-0.25, -0.2) is 0 Å². The molecule has 1 rings (SSSR count). The van der Waals surface area contributed by atoms with Crippen LogP contribution in [0.25, 0.3) is 0 Å². The van der Waals surface area contributed by atoms with Crippen LogP contribution >= 0.6 is 0 Å². The summed E-state index contributed by atoms with van der Waals surface area (Å²) in [6, 6.07) is 9.05. The van der Waals surface area contributed by atoms with E-state index in [0.29, 0.717) is 11.8 Å². The number of nitrogens with one attached hydrogen (secondary N) is 1. The monoisotopic (exact) mass is 351 g/mol. The maximum absolute atomic E-state index is 10.2. The van der Waals surface area contributed by atoms with Gasteiger partial charge in [-0.15, -0.1) is 0 Å². The van der Waals surface area contributed by atoms with E-state index in [9.17, 15) is 5.11 Å². The topological polar surface area (TPSA) is 61.7 Å². The first-order valence-corrected chi connectivity index (χ1v) is 9.57. The van der Waals surface area contributed by atoms with Gasteiger partial charge in [0, 0.05) is 6.04 Å².